The van der Waals surface area contributed by atoms with Gasteiger partial charge in [-0.05, 0) is 33.7 Å². The first-order valence-electron chi connectivity index (χ1n) is 8.24. The van der Waals surface area contributed by atoms with Gasteiger partial charge in [-0.3, -0.25) is 0 Å². The first-order chi connectivity index (χ1) is 13.4. The summed E-state index contributed by atoms with van der Waals surface area (Å²) in [5, 5.41) is 42.8. The monoisotopic (exact) mass is 398 g/mol. The zero-order chi connectivity index (χ0) is 20.3. The van der Waals surface area contributed by atoms with E-state index < -0.39 is 11.9 Å². The van der Waals surface area contributed by atoms with Gasteiger partial charge in [-0.25, -0.2) is 0 Å². The molecule has 0 saturated carbocycles. The van der Waals surface area contributed by atoms with E-state index in [9.17, 15) is 30.0 Å². The molecule has 4 aromatic carbocycles. The fraction of sp³-hybridized carbons (Fsp3) is 0. The molecule has 0 radical (unpaired) electrons. The molecule has 140 valence electrons. The van der Waals surface area contributed by atoms with E-state index in [0.29, 0.717) is 10.8 Å². The van der Waals surface area contributed by atoms with Crippen LogP contribution in [-0.4, -0.2) is 45.2 Å². The molecule has 2 N–H and O–H groups in total. The van der Waals surface area contributed by atoms with Gasteiger partial charge in [-0.15, -0.1) is 0 Å². The van der Waals surface area contributed by atoms with Crippen LogP contribution in [0.5, 0.6) is 11.5 Å². The van der Waals surface area contributed by atoms with Crippen LogP contribution in [0.3, 0.4) is 0 Å². The Labute approximate surface area is 181 Å². The van der Waals surface area contributed by atoms with E-state index in [4.69, 9.17) is 0 Å². The zero-order valence-corrected chi connectivity index (χ0v) is 16.6. The number of phenols is 2. The summed E-state index contributed by atoms with van der Waals surface area (Å²) in [6.07, 6.45) is 0. The summed E-state index contributed by atoms with van der Waals surface area (Å²) in [4.78, 5) is 21.5. The SMILES string of the molecule is O=C([O-])c1c(O)ccc2ccccc12.O=C([O-])c1c(O)ccc2ccccc12.[Mg+2]. The predicted octanol–water partition coefficient (Wildman–Crippen LogP) is 1.44. The quantitative estimate of drug-likeness (QED) is 0.493. The Morgan fingerprint density at radius 1 is 0.586 bits per heavy atom. The van der Waals surface area contributed by atoms with E-state index in [1.165, 1.54) is 12.1 Å². The van der Waals surface area contributed by atoms with Crippen molar-refractivity contribution in [2.75, 3.05) is 0 Å². The number of hydrogen-bond acceptors (Lipinski definition) is 6. The maximum absolute atomic E-state index is 10.8. The van der Waals surface area contributed by atoms with Gasteiger partial charge >= 0.3 is 23.1 Å². The molecule has 4 rings (SSSR count). The molecule has 0 spiro atoms. The van der Waals surface area contributed by atoms with Gasteiger partial charge in [0.05, 0.1) is 11.9 Å². The summed E-state index contributed by atoms with van der Waals surface area (Å²) < 4.78 is 0. The molecule has 7 heteroatoms. The summed E-state index contributed by atoms with van der Waals surface area (Å²) >= 11 is 0. The molecule has 0 heterocycles. The number of rotatable bonds is 2. The van der Waals surface area contributed by atoms with Crippen LogP contribution < -0.4 is 10.2 Å². The number of aromatic carboxylic acids is 2. The van der Waals surface area contributed by atoms with Crippen molar-refractivity contribution < 1.29 is 30.0 Å². The Morgan fingerprint density at radius 3 is 1.28 bits per heavy atom. The van der Waals surface area contributed by atoms with Crippen LogP contribution in [0, 0.1) is 0 Å². The molecular weight excluding hydrogens is 385 g/mol. The molecule has 0 aromatic heterocycles. The Balaban J connectivity index is 0.000000200. The maximum atomic E-state index is 10.8. The summed E-state index contributed by atoms with van der Waals surface area (Å²) in [7, 11) is 0. The summed E-state index contributed by atoms with van der Waals surface area (Å²) in [5.41, 5.74) is -0.300. The maximum Gasteiger partial charge on any atom is 2.00 e. The summed E-state index contributed by atoms with van der Waals surface area (Å²) in [5.74, 6) is -3.24. The standard InChI is InChI=1S/2C11H8O3.Mg/c2*12-9-6-5-7-3-1-2-4-8(7)10(9)11(13)14;/h2*1-6,12H,(H,13,14);/q;;+2/p-2. The van der Waals surface area contributed by atoms with Gasteiger partial charge in [-0.1, -0.05) is 60.7 Å². The van der Waals surface area contributed by atoms with Crippen molar-refractivity contribution in [1.82, 2.24) is 0 Å². The molecule has 0 saturated heterocycles. The first-order valence-corrected chi connectivity index (χ1v) is 8.24. The molecular formula is C22H14MgO6. The predicted molar refractivity (Wildman–Crippen MR) is 106 cm³/mol. The molecule has 29 heavy (non-hydrogen) atoms. The minimum atomic E-state index is -1.36. The fourth-order valence-electron chi connectivity index (χ4n) is 2.95. The third-order valence-electron chi connectivity index (χ3n) is 4.22. The fourth-order valence-corrected chi connectivity index (χ4v) is 2.95. The molecule has 0 aliphatic heterocycles. The Hall–Kier alpha value is -3.29. The molecule has 4 aromatic rings. The normalized spacial score (nSPS) is 9.93. The van der Waals surface area contributed by atoms with Gasteiger partial charge in [0.2, 0.25) is 0 Å². The molecule has 0 bridgehead atoms. The van der Waals surface area contributed by atoms with Gasteiger partial charge < -0.3 is 30.0 Å². The van der Waals surface area contributed by atoms with Crippen LogP contribution in [0.15, 0.2) is 72.8 Å². The Kier molecular flexibility index (Phi) is 7.03. The second-order valence-corrected chi connectivity index (χ2v) is 5.94. The van der Waals surface area contributed by atoms with Gasteiger partial charge in [-0.2, -0.15) is 0 Å². The first kappa shape index (κ1) is 22.0. The van der Waals surface area contributed by atoms with Gasteiger partial charge in [0.25, 0.3) is 0 Å². The molecule has 0 aliphatic carbocycles. The number of carboxylic acid groups (broad SMARTS) is 2. The van der Waals surface area contributed by atoms with Crippen molar-refractivity contribution in [2.24, 2.45) is 0 Å². The van der Waals surface area contributed by atoms with E-state index in [1.54, 1.807) is 60.7 Å². The van der Waals surface area contributed by atoms with Crippen molar-refractivity contribution in [1.29, 1.82) is 0 Å². The van der Waals surface area contributed by atoms with Crippen molar-refractivity contribution in [2.45, 2.75) is 0 Å². The molecule has 0 unspecified atom stereocenters. The average molecular weight is 399 g/mol. The molecule has 0 amide bonds. The minimum absolute atomic E-state index is 0. The van der Waals surface area contributed by atoms with Crippen molar-refractivity contribution in [3.05, 3.63) is 83.9 Å². The van der Waals surface area contributed by atoms with Crippen LogP contribution >= 0.6 is 0 Å². The second kappa shape index (κ2) is 9.27. The third-order valence-corrected chi connectivity index (χ3v) is 4.22. The van der Waals surface area contributed by atoms with Gasteiger partial charge in [0.15, 0.2) is 0 Å². The van der Waals surface area contributed by atoms with Gasteiger partial charge in [0.1, 0.15) is 11.5 Å². The smallest absolute Gasteiger partial charge is 0.545 e. The number of carbonyl (C=O) groups excluding carboxylic acids is 2. The van der Waals surface area contributed by atoms with E-state index in [2.05, 4.69) is 0 Å². The van der Waals surface area contributed by atoms with Crippen LogP contribution in [-0.2, 0) is 0 Å². The molecule has 0 atom stereocenters. The van der Waals surface area contributed by atoms with Crippen molar-refractivity contribution in [3.8, 4) is 11.5 Å². The van der Waals surface area contributed by atoms with Crippen LogP contribution in [0.25, 0.3) is 21.5 Å². The molecule has 0 aliphatic rings. The van der Waals surface area contributed by atoms with E-state index >= 15 is 0 Å². The number of fused-ring (bicyclic) bond motifs is 2. The molecule has 0 fully saturated rings. The number of carboxylic acids is 2. The third kappa shape index (κ3) is 4.59. The number of benzene rings is 4. The molecule has 6 nitrogen and oxygen atoms in total. The van der Waals surface area contributed by atoms with Crippen LogP contribution in [0.2, 0.25) is 0 Å². The largest absolute Gasteiger partial charge is 2.00 e. The summed E-state index contributed by atoms with van der Waals surface area (Å²) in [6, 6.07) is 19.9. The van der Waals surface area contributed by atoms with E-state index in [1.807, 2.05) is 0 Å². The van der Waals surface area contributed by atoms with Crippen LogP contribution in [0.4, 0.5) is 0 Å². The Bertz CT molecular complexity index is 1110. The average Bonchev–Trinajstić information content (AvgIpc) is 2.67. The number of aromatic hydroxyl groups is 2. The topological polar surface area (TPSA) is 121 Å². The van der Waals surface area contributed by atoms with Crippen molar-refractivity contribution in [3.63, 3.8) is 0 Å². The van der Waals surface area contributed by atoms with Gasteiger partial charge in [0, 0.05) is 11.1 Å². The van der Waals surface area contributed by atoms with Crippen LogP contribution in [0.1, 0.15) is 20.7 Å². The zero-order valence-electron chi connectivity index (χ0n) is 15.2. The van der Waals surface area contributed by atoms with E-state index in [0.717, 1.165) is 10.8 Å². The number of carbonyl (C=O) groups is 2. The summed E-state index contributed by atoms with van der Waals surface area (Å²) in [6.45, 7) is 0. The minimum Gasteiger partial charge on any atom is -0.545 e. The Morgan fingerprint density at radius 2 is 0.931 bits per heavy atom. The van der Waals surface area contributed by atoms with E-state index in [-0.39, 0.29) is 45.7 Å². The van der Waals surface area contributed by atoms with Crippen molar-refractivity contribution >= 4 is 56.5 Å². The number of hydrogen-bond donors (Lipinski definition) is 2. The second-order valence-electron chi connectivity index (χ2n) is 5.94.